The normalized spacial score (nSPS) is 15.9. The third-order valence-electron chi connectivity index (χ3n) is 2.90. The largest absolute Gasteiger partial charge is 0.297 e. The molecule has 0 N–H and O–H groups in total. The predicted molar refractivity (Wildman–Crippen MR) is 85.5 cm³/mol. The quantitative estimate of drug-likeness (QED) is 0.653. The fraction of sp³-hybridized carbons (Fsp3) is 0.812. The van der Waals surface area contributed by atoms with Crippen LogP contribution in [0.5, 0.6) is 0 Å². The zero-order chi connectivity index (χ0) is 14.4. The van der Waals surface area contributed by atoms with Crippen LogP contribution in [-0.2, 0) is 0 Å². The topological polar surface area (TPSA) is 15.6 Å². The van der Waals surface area contributed by atoms with E-state index in [0.29, 0.717) is 0 Å². The molecule has 1 rings (SSSR count). The summed E-state index contributed by atoms with van der Waals surface area (Å²) in [6.45, 7) is 18.1. The monoisotopic (exact) mass is 254 g/mol. The molecule has 0 radical (unpaired) electrons. The lowest BCUT2D eigenvalue weighted by molar-refractivity contribution is 0.299. The van der Waals surface area contributed by atoms with Gasteiger partial charge in [0.25, 0.3) is 0 Å². The molecule has 0 saturated carbocycles. The summed E-state index contributed by atoms with van der Waals surface area (Å²) in [6, 6.07) is 0. The Morgan fingerprint density at radius 2 is 1.72 bits per heavy atom. The lowest BCUT2D eigenvalue weighted by atomic mass is 10.1. The van der Waals surface area contributed by atoms with Gasteiger partial charge in [-0.1, -0.05) is 47.5 Å². The number of nitrogens with zero attached hydrogens (tertiary/aromatic N) is 2. The number of hydrogen-bond donors (Lipinski definition) is 0. The third kappa shape index (κ3) is 9.41. The first-order valence-electron chi connectivity index (χ1n) is 7.59. The van der Waals surface area contributed by atoms with Crippen LogP contribution in [0, 0.1) is 0 Å². The summed E-state index contributed by atoms with van der Waals surface area (Å²) in [6.07, 6.45) is 5.71. The second-order valence-corrected chi connectivity index (χ2v) is 4.23. The fourth-order valence-electron chi connectivity index (χ4n) is 1.47. The number of rotatable bonds is 3. The van der Waals surface area contributed by atoms with E-state index in [-0.39, 0.29) is 0 Å². The molecule has 2 nitrogen and oxygen atoms in total. The Morgan fingerprint density at radius 1 is 1.17 bits per heavy atom. The second-order valence-electron chi connectivity index (χ2n) is 4.23. The lowest BCUT2D eigenvalue weighted by Gasteiger charge is -2.26. The van der Waals surface area contributed by atoms with Gasteiger partial charge in [0.05, 0.1) is 5.70 Å². The minimum atomic E-state index is 1.03. The van der Waals surface area contributed by atoms with Gasteiger partial charge >= 0.3 is 0 Å². The Balaban J connectivity index is 0. The first-order valence-corrected chi connectivity index (χ1v) is 7.59. The van der Waals surface area contributed by atoms with Crippen LogP contribution in [0.15, 0.2) is 16.3 Å². The summed E-state index contributed by atoms with van der Waals surface area (Å²) < 4.78 is 0. The van der Waals surface area contributed by atoms with Crippen LogP contribution in [0.3, 0.4) is 0 Å². The highest BCUT2D eigenvalue weighted by atomic mass is 15.1. The van der Waals surface area contributed by atoms with Crippen molar-refractivity contribution in [2.45, 2.75) is 67.7 Å². The molecule has 0 aromatic carbocycles. The molecule has 1 heterocycles. The van der Waals surface area contributed by atoms with Crippen molar-refractivity contribution in [3.63, 3.8) is 0 Å². The lowest BCUT2D eigenvalue weighted by Crippen LogP contribution is -2.30. The fourth-order valence-corrected chi connectivity index (χ4v) is 1.47. The molecule has 18 heavy (non-hydrogen) atoms. The molecular formula is C16H34N2. The summed E-state index contributed by atoms with van der Waals surface area (Å²) in [7, 11) is 0. The molecular weight excluding hydrogens is 220 g/mol. The minimum Gasteiger partial charge on any atom is -0.297 e. The van der Waals surface area contributed by atoms with E-state index in [4.69, 9.17) is 0 Å². The third-order valence-corrected chi connectivity index (χ3v) is 2.90. The average molecular weight is 254 g/mol. The van der Waals surface area contributed by atoms with Gasteiger partial charge in [0.15, 0.2) is 0 Å². The van der Waals surface area contributed by atoms with E-state index in [2.05, 4.69) is 37.6 Å². The first-order chi connectivity index (χ1) is 8.69. The maximum absolute atomic E-state index is 4.38. The Hall–Kier alpha value is -0.630. The van der Waals surface area contributed by atoms with Crippen molar-refractivity contribution in [2.24, 2.45) is 4.99 Å². The second kappa shape index (κ2) is 14.4. The van der Waals surface area contributed by atoms with Crippen LogP contribution < -0.4 is 0 Å². The van der Waals surface area contributed by atoms with Crippen LogP contribution in [0.2, 0.25) is 0 Å². The molecule has 0 saturated heterocycles. The van der Waals surface area contributed by atoms with Crippen molar-refractivity contribution in [3.8, 4) is 0 Å². The molecule has 0 spiro atoms. The van der Waals surface area contributed by atoms with Crippen LogP contribution in [-0.4, -0.2) is 30.7 Å². The smallest absolute Gasteiger partial charge is 0.0529 e. The van der Waals surface area contributed by atoms with Gasteiger partial charge in [-0.05, 0) is 32.4 Å². The van der Waals surface area contributed by atoms with E-state index in [0.717, 1.165) is 13.1 Å². The standard InChI is InChI=1S/C10H18N2.C4H10.C2H6/c1-4-11-10-8-12(5-2)7-6-9(10)3;1-3-4-2;1-2/h4H,5-8H2,1-3H3;3-4H2,1-2H3;1-2H3. The summed E-state index contributed by atoms with van der Waals surface area (Å²) in [5.74, 6) is 0. The molecule has 0 fully saturated rings. The van der Waals surface area contributed by atoms with Crippen LogP contribution in [0.4, 0.5) is 0 Å². The molecule has 0 aromatic heterocycles. The number of likely N-dealkylation sites (N-methyl/N-ethyl adjacent to an activating group) is 1. The molecule has 1 aliphatic rings. The van der Waals surface area contributed by atoms with Crippen LogP contribution in [0.25, 0.3) is 0 Å². The SMILES string of the molecule is CC.CC=NC1=C(C)CCN(CC)C1.CCCC. The summed E-state index contributed by atoms with van der Waals surface area (Å²) >= 11 is 0. The summed E-state index contributed by atoms with van der Waals surface area (Å²) in [4.78, 5) is 6.80. The van der Waals surface area contributed by atoms with E-state index < -0.39 is 0 Å². The van der Waals surface area contributed by atoms with Gasteiger partial charge in [-0.15, -0.1) is 0 Å². The van der Waals surface area contributed by atoms with E-state index >= 15 is 0 Å². The van der Waals surface area contributed by atoms with Gasteiger partial charge in [0.2, 0.25) is 0 Å². The maximum Gasteiger partial charge on any atom is 0.0529 e. The van der Waals surface area contributed by atoms with E-state index in [1.165, 1.54) is 37.1 Å². The highest BCUT2D eigenvalue weighted by molar-refractivity contribution is 5.55. The molecule has 0 aromatic rings. The molecule has 0 atom stereocenters. The molecule has 108 valence electrons. The van der Waals surface area contributed by atoms with Crippen molar-refractivity contribution in [2.75, 3.05) is 19.6 Å². The zero-order valence-electron chi connectivity index (χ0n) is 13.7. The summed E-state index contributed by atoms with van der Waals surface area (Å²) in [5.41, 5.74) is 2.73. The van der Waals surface area contributed by atoms with E-state index in [1.807, 2.05) is 27.0 Å². The van der Waals surface area contributed by atoms with Crippen molar-refractivity contribution in [3.05, 3.63) is 11.3 Å². The van der Waals surface area contributed by atoms with Crippen molar-refractivity contribution >= 4 is 6.21 Å². The molecule has 0 amide bonds. The van der Waals surface area contributed by atoms with Gasteiger partial charge in [0, 0.05) is 19.3 Å². The summed E-state index contributed by atoms with van der Waals surface area (Å²) in [5, 5.41) is 0. The minimum absolute atomic E-state index is 1.03. The van der Waals surface area contributed by atoms with E-state index in [9.17, 15) is 0 Å². The number of aliphatic imine (C=N–C) groups is 1. The van der Waals surface area contributed by atoms with Gasteiger partial charge in [-0.2, -0.15) is 0 Å². The Labute approximate surface area is 115 Å². The Kier molecular flexibility index (Phi) is 15.8. The molecule has 1 aliphatic heterocycles. The average Bonchev–Trinajstić information content (AvgIpc) is 2.44. The highest BCUT2D eigenvalue weighted by Gasteiger charge is 2.13. The molecule has 2 heteroatoms. The van der Waals surface area contributed by atoms with Gasteiger partial charge in [-0.3, -0.25) is 9.89 Å². The Morgan fingerprint density at radius 3 is 2.11 bits per heavy atom. The molecule has 0 bridgehead atoms. The van der Waals surface area contributed by atoms with E-state index in [1.54, 1.807) is 0 Å². The number of hydrogen-bond acceptors (Lipinski definition) is 2. The molecule has 0 aliphatic carbocycles. The number of unbranched alkanes of at least 4 members (excludes halogenated alkanes) is 1. The first kappa shape index (κ1) is 19.7. The van der Waals surface area contributed by atoms with Crippen molar-refractivity contribution < 1.29 is 0 Å². The maximum atomic E-state index is 4.38. The van der Waals surface area contributed by atoms with Crippen molar-refractivity contribution in [1.29, 1.82) is 0 Å². The van der Waals surface area contributed by atoms with Gasteiger partial charge < -0.3 is 0 Å². The predicted octanol–water partition coefficient (Wildman–Crippen LogP) is 4.91. The van der Waals surface area contributed by atoms with Crippen molar-refractivity contribution in [1.82, 2.24) is 4.90 Å². The molecule has 0 unspecified atom stereocenters. The zero-order valence-corrected chi connectivity index (χ0v) is 13.7. The van der Waals surface area contributed by atoms with Gasteiger partial charge in [-0.25, -0.2) is 0 Å². The van der Waals surface area contributed by atoms with Crippen LogP contribution in [0.1, 0.15) is 67.7 Å². The van der Waals surface area contributed by atoms with Gasteiger partial charge in [0.1, 0.15) is 0 Å². The Bertz CT molecular complexity index is 227. The van der Waals surface area contributed by atoms with Crippen LogP contribution >= 0.6 is 0 Å². The highest BCUT2D eigenvalue weighted by Crippen LogP contribution is 2.17.